The van der Waals surface area contributed by atoms with Gasteiger partial charge in [-0.25, -0.2) is 0 Å². The molecule has 1 saturated heterocycles. The molecule has 7 nitrogen and oxygen atoms in total. The normalized spacial score (nSPS) is 19.7. The number of carbonyl (C=O) groups is 1. The maximum atomic E-state index is 11.9. The van der Waals surface area contributed by atoms with Crippen molar-refractivity contribution in [3.63, 3.8) is 0 Å². The van der Waals surface area contributed by atoms with Crippen LogP contribution < -0.4 is 10.8 Å². The van der Waals surface area contributed by atoms with Gasteiger partial charge in [-0.2, -0.15) is 0 Å². The predicted octanol–water partition coefficient (Wildman–Crippen LogP) is 2.37. The van der Waals surface area contributed by atoms with Gasteiger partial charge in [0, 0.05) is 12.1 Å². The summed E-state index contributed by atoms with van der Waals surface area (Å²) in [5.41, 5.74) is 1.45. The Balaban J connectivity index is 1.86. The standard InChI is InChI=1S/C17H15BCl2N2O5/c19-16(20)17(23)21-14-10-26-18(12-4-2-1-3-5-12)27-15(14)11-6-8-13(9-7-11)22(24)25/h1-9,14-16H,10H2,(H,21,23)/t14-,15-/m0/s1. The minimum atomic E-state index is -1.23. The summed E-state index contributed by atoms with van der Waals surface area (Å²) in [4.78, 5) is 21.1. The molecule has 0 saturated carbocycles. The Morgan fingerprint density at radius 2 is 1.85 bits per heavy atom. The number of nitro benzene ring substituents is 1. The second-order valence-electron chi connectivity index (χ2n) is 5.90. The average molecular weight is 409 g/mol. The molecule has 0 aliphatic carbocycles. The molecule has 0 bridgehead atoms. The van der Waals surface area contributed by atoms with E-state index in [1.54, 1.807) is 12.1 Å². The first kappa shape index (κ1) is 19.6. The number of nitrogens with zero attached hydrogens (tertiary/aromatic N) is 1. The smallest absolute Gasteiger partial charge is 0.405 e. The number of nitro groups is 1. The molecular weight excluding hydrogens is 394 g/mol. The Bertz CT molecular complexity index is 807. The molecule has 1 aliphatic rings. The fourth-order valence-corrected chi connectivity index (χ4v) is 2.92. The van der Waals surface area contributed by atoms with Gasteiger partial charge in [0.15, 0.2) is 4.84 Å². The highest BCUT2D eigenvalue weighted by molar-refractivity contribution is 6.61. The quantitative estimate of drug-likeness (QED) is 0.355. The van der Waals surface area contributed by atoms with Crippen molar-refractivity contribution in [1.29, 1.82) is 0 Å². The third-order valence-corrected chi connectivity index (χ3v) is 4.49. The van der Waals surface area contributed by atoms with Crippen LogP contribution in [0.1, 0.15) is 11.7 Å². The highest BCUT2D eigenvalue weighted by Crippen LogP contribution is 2.28. The van der Waals surface area contributed by atoms with E-state index in [9.17, 15) is 14.9 Å². The molecule has 2 aromatic rings. The van der Waals surface area contributed by atoms with Gasteiger partial charge in [0.1, 0.15) is 0 Å². The van der Waals surface area contributed by atoms with Gasteiger partial charge in [0.05, 0.1) is 23.7 Å². The summed E-state index contributed by atoms with van der Waals surface area (Å²) in [7, 11) is -0.637. The Kier molecular flexibility index (Phi) is 6.33. The van der Waals surface area contributed by atoms with Crippen LogP contribution in [0.25, 0.3) is 0 Å². The van der Waals surface area contributed by atoms with Crippen LogP contribution >= 0.6 is 23.2 Å². The fourth-order valence-electron chi connectivity index (χ4n) is 2.79. The lowest BCUT2D eigenvalue weighted by molar-refractivity contribution is -0.384. The molecule has 10 heteroatoms. The molecule has 1 N–H and O–H groups in total. The topological polar surface area (TPSA) is 90.7 Å². The Hall–Kier alpha value is -2.13. The minimum absolute atomic E-state index is 0.0346. The van der Waals surface area contributed by atoms with E-state index >= 15 is 0 Å². The third kappa shape index (κ3) is 4.78. The first-order valence-electron chi connectivity index (χ1n) is 8.10. The molecule has 1 fully saturated rings. The summed E-state index contributed by atoms with van der Waals surface area (Å²) in [5.74, 6) is -0.569. The average Bonchev–Trinajstić information content (AvgIpc) is 2.69. The number of amides is 1. The number of nitrogens with one attached hydrogen (secondary N) is 1. The Morgan fingerprint density at radius 3 is 2.44 bits per heavy atom. The van der Waals surface area contributed by atoms with Crippen LogP contribution in [0.3, 0.4) is 0 Å². The van der Waals surface area contributed by atoms with Gasteiger partial charge >= 0.3 is 7.12 Å². The summed E-state index contributed by atoms with van der Waals surface area (Å²) in [5, 5.41) is 13.6. The molecule has 0 unspecified atom stereocenters. The molecule has 1 aliphatic heterocycles. The van der Waals surface area contributed by atoms with Crippen molar-refractivity contribution in [2.75, 3.05) is 6.61 Å². The van der Waals surface area contributed by atoms with E-state index in [4.69, 9.17) is 32.5 Å². The van der Waals surface area contributed by atoms with E-state index in [0.717, 1.165) is 5.46 Å². The number of halogens is 2. The summed E-state index contributed by atoms with van der Waals surface area (Å²) in [6, 6.07) is 14.7. The first-order chi connectivity index (χ1) is 13.0. The molecule has 1 amide bonds. The lowest BCUT2D eigenvalue weighted by atomic mass is 9.76. The van der Waals surface area contributed by atoms with Crippen LogP contribution in [0.2, 0.25) is 0 Å². The van der Waals surface area contributed by atoms with E-state index in [1.165, 1.54) is 12.1 Å². The largest absolute Gasteiger partial charge is 0.494 e. The van der Waals surface area contributed by atoms with Gasteiger partial charge in [-0.05, 0) is 23.2 Å². The number of benzene rings is 2. The number of hydrogen-bond donors (Lipinski definition) is 1. The molecular formula is C17H15BCl2N2O5. The lowest BCUT2D eigenvalue weighted by Gasteiger charge is -2.36. The molecule has 2 aromatic carbocycles. The van der Waals surface area contributed by atoms with E-state index in [1.807, 2.05) is 30.3 Å². The highest BCUT2D eigenvalue weighted by Gasteiger charge is 2.38. The predicted molar refractivity (Wildman–Crippen MR) is 102 cm³/mol. The number of hydrogen-bond acceptors (Lipinski definition) is 5. The van der Waals surface area contributed by atoms with Gasteiger partial charge < -0.3 is 14.6 Å². The van der Waals surface area contributed by atoms with Gasteiger partial charge in [-0.15, -0.1) is 0 Å². The zero-order chi connectivity index (χ0) is 19.4. The molecule has 3 rings (SSSR count). The molecule has 140 valence electrons. The lowest BCUT2D eigenvalue weighted by Crippen LogP contribution is -2.54. The Morgan fingerprint density at radius 1 is 1.19 bits per heavy atom. The minimum Gasteiger partial charge on any atom is -0.405 e. The van der Waals surface area contributed by atoms with E-state index in [0.29, 0.717) is 5.56 Å². The zero-order valence-electron chi connectivity index (χ0n) is 14.0. The molecule has 0 radical (unpaired) electrons. The van der Waals surface area contributed by atoms with E-state index in [-0.39, 0.29) is 12.3 Å². The Labute approximate surface area is 165 Å². The number of alkyl halides is 2. The van der Waals surface area contributed by atoms with Crippen molar-refractivity contribution in [3.05, 3.63) is 70.3 Å². The van der Waals surface area contributed by atoms with Crippen LogP contribution in [-0.4, -0.2) is 35.4 Å². The number of non-ortho nitro benzene ring substituents is 1. The maximum Gasteiger partial charge on any atom is 0.494 e. The van der Waals surface area contributed by atoms with Crippen LogP contribution in [0, 0.1) is 10.1 Å². The van der Waals surface area contributed by atoms with Crippen molar-refractivity contribution < 1.29 is 19.0 Å². The van der Waals surface area contributed by atoms with Crippen LogP contribution in [0.4, 0.5) is 5.69 Å². The zero-order valence-corrected chi connectivity index (χ0v) is 15.5. The van der Waals surface area contributed by atoms with Crippen molar-refractivity contribution >= 4 is 47.4 Å². The van der Waals surface area contributed by atoms with Crippen molar-refractivity contribution in [3.8, 4) is 0 Å². The van der Waals surface area contributed by atoms with Crippen molar-refractivity contribution in [2.45, 2.75) is 17.0 Å². The highest BCUT2D eigenvalue weighted by atomic mass is 35.5. The van der Waals surface area contributed by atoms with E-state index in [2.05, 4.69) is 5.32 Å². The van der Waals surface area contributed by atoms with Crippen molar-refractivity contribution in [1.82, 2.24) is 5.32 Å². The number of carbonyl (C=O) groups excluding carboxylic acids is 1. The summed E-state index contributed by atoms with van der Waals surface area (Å²) < 4.78 is 11.8. The SMILES string of the molecule is O=C(N[C@H]1COB(c2ccccc2)O[C@H]1c1ccc([N+](=O)[O-])cc1)C(Cl)Cl. The summed E-state index contributed by atoms with van der Waals surface area (Å²) in [6.07, 6.45) is -0.596. The van der Waals surface area contributed by atoms with Crippen LogP contribution in [0.5, 0.6) is 0 Å². The second kappa shape index (κ2) is 8.71. The van der Waals surface area contributed by atoms with Gasteiger partial charge in [0.25, 0.3) is 11.6 Å². The third-order valence-electron chi connectivity index (χ3n) is 4.09. The molecule has 27 heavy (non-hydrogen) atoms. The van der Waals surface area contributed by atoms with Gasteiger partial charge in [-0.3, -0.25) is 14.9 Å². The monoisotopic (exact) mass is 408 g/mol. The maximum absolute atomic E-state index is 11.9. The molecule has 0 aromatic heterocycles. The summed E-state index contributed by atoms with van der Waals surface area (Å²) >= 11 is 11.2. The summed E-state index contributed by atoms with van der Waals surface area (Å²) in [6.45, 7) is 0.160. The van der Waals surface area contributed by atoms with E-state index < -0.39 is 34.9 Å². The first-order valence-corrected chi connectivity index (χ1v) is 8.98. The van der Waals surface area contributed by atoms with Crippen LogP contribution in [0.15, 0.2) is 54.6 Å². The van der Waals surface area contributed by atoms with Gasteiger partial charge in [0.2, 0.25) is 0 Å². The second-order valence-corrected chi connectivity index (χ2v) is 6.99. The fraction of sp³-hybridized carbons (Fsp3) is 0.235. The van der Waals surface area contributed by atoms with Crippen molar-refractivity contribution in [2.24, 2.45) is 0 Å². The van der Waals surface area contributed by atoms with Crippen LogP contribution in [-0.2, 0) is 14.1 Å². The molecule has 1 heterocycles. The van der Waals surface area contributed by atoms with Gasteiger partial charge in [-0.1, -0.05) is 53.5 Å². The number of rotatable bonds is 5. The molecule has 2 atom stereocenters. The molecule has 0 spiro atoms.